The number of thioether (sulfide) groups is 1. The van der Waals surface area contributed by atoms with Crippen molar-refractivity contribution in [2.75, 3.05) is 37.0 Å². The van der Waals surface area contributed by atoms with Crippen LogP contribution >= 0.6 is 11.8 Å². The molecule has 0 aliphatic heterocycles. The lowest BCUT2D eigenvalue weighted by molar-refractivity contribution is -0.139. The van der Waals surface area contributed by atoms with Crippen molar-refractivity contribution in [1.29, 1.82) is 0 Å². The van der Waals surface area contributed by atoms with Crippen molar-refractivity contribution in [2.24, 2.45) is 5.92 Å². The Morgan fingerprint density at radius 1 is 1.02 bits per heavy atom. The summed E-state index contributed by atoms with van der Waals surface area (Å²) in [6, 6.07) is 15.1. The van der Waals surface area contributed by atoms with E-state index in [1.807, 2.05) is 64.3 Å². The third-order valence-electron chi connectivity index (χ3n) is 6.99. The van der Waals surface area contributed by atoms with E-state index in [9.17, 15) is 13.2 Å². The van der Waals surface area contributed by atoms with Crippen molar-refractivity contribution in [1.82, 2.24) is 19.7 Å². The molecule has 1 atom stereocenters. The van der Waals surface area contributed by atoms with E-state index >= 15 is 0 Å². The zero-order valence-electron chi connectivity index (χ0n) is 29.1. The normalized spacial score (nSPS) is 11.6. The van der Waals surface area contributed by atoms with E-state index in [-0.39, 0.29) is 30.1 Å². The van der Waals surface area contributed by atoms with Gasteiger partial charge in [0.1, 0.15) is 12.2 Å². The number of nitrogens with one attached hydrogen (secondary N) is 2. The summed E-state index contributed by atoms with van der Waals surface area (Å²) in [6.45, 7) is 16.9. The quantitative estimate of drug-likeness (QED) is 0.109. The second-order valence-electron chi connectivity index (χ2n) is 10.2. The maximum atomic E-state index is 13.7. The predicted octanol–water partition coefficient (Wildman–Crippen LogP) is 9.62. The minimum Gasteiger partial charge on any atom is -0.417 e. The molecule has 4 rings (SSSR count). The molecule has 0 saturated heterocycles. The Morgan fingerprint density at radius 3 is 2.30 bits per heavy atom. The Bertz CT molecular complexity index is 1410. The molecule has 1 unspecified atom stereocenters. The first-order valence-electron chi connectivity index (χ1n) is 16.0. The van der Waals surface area contributed by atoms with Crippen LogP contribution in [0.15, 0.2) is 57.8 Å². The first-order valence-corrected chi connectivity index (χ1v) is 17.2. The molecule has 0 spiro atoms. The summed E-state index contributed by atoms with van der Waals surface area (Å²) < 4.78 is 48.2. The number of benzene rings is 2. The highest BCUT2D eigenvalue weighted by Gasteiger charge is 2.31. The van der Waals surface area contributed by atoms with Crippen LogP contribution < -0.4 is 10.6 Å². The molecule has 254 valence electrons. The van der Waals surface area contributed by atoms with Gasteiger partial charge in [0.15, 0.2) is 0 Å². The van der Waals surface area contributed by atoms with Gasteiger partial charge < -0.3 is 24.5 Å². The molecule has 0 aliphatic carbocycles. The standard InChI is InChI=1S/C29H37F3N6OS.2C2H6.CH3B/c1-6-37(4)14-13-23(19(2)3)34-24-11-8-12-25-22(24)16-26(38(25)18-29(30,31)32)28-36-35-27(39-28)17-33-20-9-7-10-21(15-20)40-5;3*1-2/h7-12,15-16,19,23,33-34H,6,13-14,17-18H2,1-5H3;2*1-2H3;1H3. The zero-order chi connectivity index (χ0) is 34.9. The molecular weight excluding hydrogens is 608 g/mol. The molecule has 0 fully saturated rings. The van der Waals surface area contributed by atoms with Gasteiger partial charge in [0.25, 0.3) is 5.89 Å². The fraction of sp³-hybridized carbons (Fsp3) is 0.529. The third kappa shape index (κ3) is 12.2. The molecule has 2 radical (unpaired) electrons. The van der Waals surface area contributed by atoms with Gasteiger partial charge in [-0.1, -0.05) is 67.4 Å². The van der Waals surface area contributed by atoms with Crippen LogP contribution in [0.2, 0.25) is 6.82 Å². The smallest absolute Gasteiger partial charge is 0.406 e. The molecule has 2 N–H and O–H groups in total. The number of hydrogen-bond donors (Lipinski definition) is 2. The monoisotopic (exact) mass is 660 g/mol. The van der Waals surface area contributed by atoms with Crippen LogP contribution in [-0.2, 0) is 13.1 Å². The van der Waals surface area contributed by atoms with Crippen molar-refractivity contribution < 1.29 is 17.6 Å². The van der Waals surface area contributed by atoms with Crippen molar-refractivity contribution in [3.63, 3.8) is 0 Å². The highest BCUT2D eigenvalue weighted by atomic mass is 32.2. The van der Waals surface area contributed by atoms with Crippen LogP contribution in [0.4, 0.5) is 24.5 Å². The van der Waals surface area contributed by atoms with Crippen LogP contribution in [0.3, 0.4) is 0 Å². The molecule has 46 heavy (non-hydrogen) atoms. The topological polar surface area (TPSA) is 71.2 Å². The van der Waals surface area contributed by atoms with Crippen LogP contribution in [0.5, 0.6) is 0 Å². The summed E-state index contributed by atoms with van der Waals surface area (Å²) in [5.41, 5.74) is 2.36. The molecular formula is C34H52BF3N6OS. The van der Waals surface area contributed by atoms with E-state index in [1.54, 1.807) is 30.0 Å². The molecule has 2 aromatic carbocycles. The van der Waals surface area contributed by atoms with Crippen LogP contribution in [-0.4, -0.2) is 66.1 Å². The molecule has 0 aliphatic rings. The molecule has 0 amide bonds. The summed E-state index contributed by atoms with van der Waals surface area (Å²) in [5.74, 6) is 0.664. The van der Waals surface area contributed by atoms with Gasteiger partial charge in [0.2, 0.25) is 5.89 Å². The fourth-order valence-electron chi connectivity index (χ4n) is 4.57. The van der Waals surface area contributed by atoms with Gasteiger partial charge in [-0.15, -0.1) is 22.0 Å². The van der Waals surface area contributed by atoms with Gasteiger partial charge in [0, 0.05) is 27.7 Å². The Hall–Kier alpha value is -3.12. The number of alkyl halides is 3. The van der Waals surface area contributed by atoms with Crippen molar-refractivity contribution >= 4 is 41.9 Å². The molecule has 12 heteroatoms. The number of fused-ring (bicyclic) bond motifs is 1. The lowest BCUT2D eigenvalue weighted by Crippen LogP contribution is -2.31. The molecule has 0 bridgehead atoms. The molecule has 0 saturated carbocycles. The van der Waals surface area contributed by atoms with Gasteiger partial charge >= 0.3 is 6.18 Å². The van der Waals surface area contributed by atoms with Crippen LogP contribution in [0.25, 0.3) is 22.5 Å². The predicted molar refractivity (Wildman–Crippen MR) is 191 cm³/mol. The van der Waals surface area contributed by atoms with Crippen LogP contribution in [0.1, 0.15) is 60.8 Å². The number of anilines is 2. The van der Waals surface area contributed by atoms with E-state index in [0.29, 0.717) is 16.8 Å². The van der Waals surface area contributed by atoms with Gasteiger partial charge in [-0.05, 0) is 75.1 Å². The maximum absolute atomic E-state index is 13.7. The number of aromatic nitrogens is 3. The third-order valence-corrected chi connectivity index (χ3v) is 7.72. The summed E-state index contributed by atoms with van der Waals surface area (Å²) in [5, 5.41) is 15.7. The summed E-state index contributed by atoms with van der Waals surface area (Å²) >= 11 is 1.63. The maximum Gasteiger partial charge on any atom is 0.406 e. The first-order chi connectivity index (χ1) is 22.1. The fourth-order valence-corrected chi connectivity index (χ4v) is 5.03. The largest absolute Gasteiger partial charge is 0.417 e. The minimum atomic E-state index is -4.43. The summed E-state index contributed by atoms with van der Waals surface area (Å²) in [7, 11) is 6.58. The Balaban J connectivity index is 0.00000166. The highest BCUT2D eigenvalue weighted by molar-refractivity contribution is 7.98. The number of rotatable bonds is 13. The molecule has 2 heterocycles. The van der Waals surface area contributed by atoms with E-state index in [2.05, 4.69) is 61.4 Å². The number of nitrogens with zero attached hydrogens (tertiary/aromatic N) is 4. The second kappa shape index (κ2) is 20.9. The molecule has 4 aromatic rings. The number of hydrogen-bond acceptors (Lipinski definition) is 7. The second-order valence-corrected chi connectivity index (χ2v) is 11.1. The summed E-state index contributed by atoms with van der Waals surface area (Å²) in [6.07, 6.45) is -1.52. The van der Waals surface area contributed by atoms with Gasteiger partial charge in [-0.2, -0.15) is 13.2 Å². The zero-order valence-corrected chi connectivity index (χ0v) is 29.9. The average Bonchev–Trinajstić information content (AvgIpc) is 3.69. The van der Waals surface area contributed by atoms with E-state index < -0.39 is 12.7 Å². The first kappa shape index (κ1) is 40.9. The Labute approximate surface area is 279 Å². The van der Waals surface area contributed by atoms with Crippen molar-refractivity contribution in [3.05, 3.63) is 54.4 Å². The molecule has 2 aromatic heterocycles. The minimum absolute atomic E-state index is 0.0473. The van der Waals surface area contributed by atoms with Gasteiger partial charge in [-0.3, -0.25) is 0 Å². The SMILES string of the molecule is CC.CC.CCN(C)CCC(Nc1cccc2c1cc(-c1nnc(CNc3cccc(SC)c3)o1)n2CC(F)(F)F)C(C)C.[B]C. The van der Waals surface area contributed by atoms with Crippen LogP contribution in [0, 0.1) is 5.92 Å². The van der Waals surface area contributed by atoms with Gasteiger partial charge in [-0.25, -0.2) is 0 Å². The van der Waals surface area contributed by atoms with Gasteiger partial charge in [0.05, 0.1) is 19.9 Å². The van der Waals surface area contributed by atoms with E-state index in [1.165, 1.54) is 11.4 Å². The Morgan fingerprint density at radius 2 is 1.70 bits per heavy atom. The average molecular weight is 661 g/mol. The number of halogens is 3. The van der Waals surface area contributed by atoms with E-state index in [4.69, 9.17) is 4.42 Å². The Kier molecular flexibility index (Phi) is 18.6. The lowest BCUT2D eigenvalue weighted by atomic mass is 10.00. The van der Waals surface area contributed by atoms with Crippen molar-refractivity contribution in [3.8, 4) is 11.6 Å². The van der Waals surface area contributed by atoms with E-state index in [0.717, 1.165) is 35.8 Å². The highest BCUT2D eigenvalue weighted by Crippen LogP contribution is 2.35. The molecule has 7 nitrogen and oxygen atoms in total. The summed E-state index contributed by atoms with van der Waals surface area (Å²) in [4.78, 5) is 3.35. The lowest BCUT2D eigenvalue weighted by Gasteiger charge is -2.26. The van der Waals surface area contributed by atoms with Crippen molar-refractivity contribution in [2.45, 2.75) is 91.9 Å².